The van der Waals surface area contributed by atoms with Crippen molar-refractivity contribution in [1.82, 2.24) is 0 Å². The maximum atomic E-state index is 13.5. The third kappa shape index (κ3) is 3.12. The summed E-state index contributed by atoms with van der Waals surface area (Å²) in [6, 6.07) is 13.1. The Bertz CT molecular complexity index is 598. The summed E-state index contributed by atoms with van der Waals surface area (Å²) in [6.07, 6.45) is 0. The normalized spacial score (nSPS) is 11.9. The van der Waals surface area contributed by atoms with Crippen molar-refractivity contribution in [3.63, 3.8) is 0 Å². The molecular formula is C15H13ClFNO. The van der Waals surface area contributed by atoms with Gasteiger partial charge in [-0.05, 0) is 30.7 Å². The van der Waals surface area contributed by atoms with Crippen molar-refractivity contribution in [3.8, 4) is 0 Å². The molecule has 0 radical (unpaired) electrons. The number of amides is 1. The minimum Gasteiger partial charge on any atom is -0.322 e. The van der Waals surface area contributed by atoms with E-state index in [2.05, 4.69) is 5.32 Å². The predicted molar refractivity (Wildman–Crippen MR) is 75.1 cm³/mol. The summed E-state index contributed by atoms with van der Waals surface area (Å²) in [6.45, 7) is 1.82. The Hall–Kier alpha value is -1.87. The number of para-hydroxylation sites is 1. The van der Waals surface area contributed by atoms with E-state index >= 15 is 0 Å². The van der Waals surface area contributed by atoms with E-state index in [0.717, 1.165) is 5.56 Å². The van der Waals surface area contributed by atoms with Crippen molar-refractivity contribution >= 4 is 23.2 Å². The summed E-state index contributed by atoms with van der Waals surface area (Å²) in [5, 5.41) is 2.45. The van der Waals surface area contributed by atoms with Gasteiger partial charge in [0, 0.05) is 5.69 Å². The van der Waals surface area contributed by atoms with Gasteiger partial charge in [0.15, 0.2) is 0 Å². The molecular weight excluding hydrogens is 265 g/mol. The molecule has 19 heavy (non-hydrogen) atoms. The summed E-state index contributed by atoms with van der Waals surface area (Å²) >= 11 is 6.04. The Morgan fingerprint density at radius 2 is 1.79 bits per heavy atom. The van der Waals surface area contributed by atoms with E-state index in [-0.39, 0.29) is 10.9 Å². The van der Waals surface area contributed by atoms with Crippen LogP contribution in [0.4, 0.5) is 10.1 Å². The average Bonchev–Trinajstić information content (AvgIpc) is 2.39. The van der Waals surface area contributed by atoms with Crippen LogP contribution < -0.4 is 5.32 Å². The molecule has 2 nitrogen and oxygen atoms in total. The van der Waals surface area contributed by atoms with Gasteiger partial charge in [-0.3, -0.25) is 4.79 Å². The first-order valence-electron chi connectivity index (χ1n) is 5.88. The molecule has 4 heteroatoms. The minimum atomic E-state index is -0.545. The van der Waals surface area contributed by atoms with Crippen molar-refractivity contribution in [1.29, 1.82) is 0 Å². The molecule has 1 amide bonds. The van der Waals surface area contributed by atoms with E-state index in [1.54, 1.807) is 24.3 Å². The lowest BCUT2D eigenvalue weighted by Gasteiger charge is -2.12. The third-order valence-corrected chi connectivity index (χ3v) is 2.99. The molecule has 2 aromatic rings. The van der Waals surface area contributed by atoms with Crippen LogP contribution in [0.25, 0.3) is 0 Å². The standard InChI is InChI=1S/C15H13ClFNO/c1-10(16)11-6-3-5-9-14(11)18-15(19)12-7-2-4-8-13(12)17/h2-10H,1H3,(H,18,19). The number of anilines is 1. The van der Waals surface area contributed by atoms with Crippen LogP contribution in [0, 0.1) is 5.82 Å². The molecule has 0 bridgehead atoms. The molecule has 0 saturated heterocycles. The highest BCUT2D eigenvalue weighted by molar-refractivity contribution is 6.21. The van der Waals surface area contributed by atoms with Crippen molar-refractivity contribution in [3.05, 3.63) is 65.5 Å². The zero-order chi connectivity index (χ0) is 13.8. The molecule has 0 heterocycles. The van der Waals surface area contributed by atoms with E-state index in [4.69, 9.17) is 11.6 Å². The first-order valence-corrected chi connectivity index (χ1v) is 6.32. The quantitative estimate of drug-likeness (QED) is 0.829. The fraction of sp³-hybridized carbons (Fsp3) is 0.133. The Morgan fingerprint density at radius 3 is 2.47 bits per heavy atom. The summed E-state index contributed by atoms with van der Waals surface area (Å²) in [4.78, 5) is 12.0. The van der Waals surface area contributed by atoms with Gasteiger partial charge in [-0.2, -0.15) is 0 Å². The highest BCUT2D eigenvalue weighted by Crippen LogP contribution is 2.27. The monoisotopic (exact) mass is 277 g/mol. The van der Waals surface area contributed by atoms with Gasteiger partial charge in [-0.1, -0.05) is 30.3 Å². The first kappa shape index (κ1) is 13.6. The smallest absolute Gasteiger partial charge is 0.258 e. The van der Waals surface area contributed by atoms with E-state index in [1.165, 1.54) is 12.1 Å². The molecule has 0 fully saturated rings. The number of halogens is 2. The van der Waals surface area contributed by atoms with Crippen LogP contribution in [-0.2, 0) is 0 Å². The van der Waals surface area contributed by atoms with E-state index in [9.17, 15) is 9.18 Å². The van der Waals surface area contributed by atoms with Crippen LogP contribution in [-0.4, -0.2) is 5.91 Å². The van der Waals surface area contributed by atoms with Crippen molar-refractivity contribution < 1.29 is 9.18 Å². The van der Waals surface area contributed by atoms with E-state index < -0.39 is 11.7 Å². The number of carbonyl (C=O) groups excluding carboxylic acids is 1. The first-order chi connectivity index (χ1) is 9.09. The van der Waals surface area contributed by atoms with Crippen molar-refractivity contribution in [2.24, 2.45) is 0 Å². The number of hydrogen-bond acceptors (Lipinski definition) is 1. The summed E-state index contributed by atoms with van der Waals surface area (Å²) in [7, 11) is 0. The Labute approximate surface area is 116 Å². The zero-order valence-electron chi connectivity index (χ0n) is 10.4. The van der Waals surface area contributed by atoms with Gasteiger partial charge in [-0.25, -0.2) is 4.39 Å². The molecule has 0 aliphatic carbocycles. The average molecular weight is 278 g/mol. The Morgan fingerprint density at radius 1 is 1.16 bits per heavy atom. The topological polar surface area (TPSA) is 29.1 Å². The molecule has 0 aliphatic heterocycles. The highest BCUT2D eigenvalue weighted by atomic mass is 35.5. The van der Waals surface area contributed by atoms with Gasteiger partial charge in [-0.15, -0.1) is 11.6 Å². The van der Waals surface area contributed by atoms with E-state index in [0.29, 0.717) is 5.69 Å². The molecule has 0 spiro atoms. The lowest BCUT2D eigenvalue weighted by Crippen LogP contribution is -2.15. The molecule has 2 rings (SSSR count). The number of nitrogens with one attached hydrogen (secondary N) is 1. The molecule has 2 aromatic carbocycles. The SMILES string of the molecule is CC(Cl)c1ccccc1NC(=O)c1ccccc1F. The molecule has 0 saturated carbocycles. The van der Waals surface area contributed by atoms with Gasteiger partial charge in [0.2, 0.25) is 0 Å². The third-order valence-electron chi connectivity index (χ3n) is 2.76. The molecule has 98 valence electrons. The van der Waals surface area contributed by atoms with Gasteiger partial charge < -0.3 is 5.32 Å². The predicted octanol–water partition coefficient (Wildman–Crippen LogP) is 4.38. The van der Waals surface area contributed by atoms with Gasteiger partial charge in [0.05, 0.1) is 10.9 Å². The van der Waals surface area contributed by atoms with Crippen LogP contribution in [0.2, 0.25) is 0 Å². The zero-order valence-corrected chi connectivity index (χ0v) is 11.1. The van der Waals surface area contributed by atoms with Gasteiger partial charge in [0.25, 0.3) is 5.91 Å². The number of hydrogen-bond donors (Lipinski definition) is 1. The van der Waals surface area contributed by atoms with Crippen LogP contribution in [0.5, 0.6) is 0 Å². The molecule has 1 N–H and O–H groups in total. The van der Waals surface area contributed by atoms with Gasteiger partial charge in [0.1, 0.15) is 5.82 Å². The Balaban J connectivity index is 2.27. The lowest BCUT2D eigenvalue weighted by molar-refractivity contribution is 0.102. The fourth-order valence-electron chi connectivity index (χ4n) is 1.79. The van der Waals surface area contributed by atoms with Crippen molar-refractivity contribution in [2.75, 3.05) is 5.32 Å². The van der Waals surface area contributed by atoms with Crippen LogP contribution in [0.3, 0.4) is 0 Å². The number of rotatable bonds is 3. The van der Waals surface area contributed by atoms with E-state index in [1.807, 2.05) is 19.1 Å². The van der Waals surface area contributed by atoms with Crippen LogP contribution >= 0.6 is 11.6 Å². The molecule has 0 aromatic heterocycles. The maximum absolute atomic E-state index is 13.5. The Kier molecular flexibility index (Phi) is 4.17. The molecule has 1 atom stereocenters. The molecule has 0 aliphatic rings. The lowest BCUT2D eigenvalue weighted by atomic mass is 10.1. The maximum Gasteiger partial charge on any atom is 0.258 e. The largest absolute Gasteiger partial charge is 0.322 e. The summed E-state index contributed by atoms with van der Waals surface area (Å²) in [5.74, 6) is -1.03. The second-order valence-corrected chi connectivity index (χ2v) is 4.79. The number of alkyl halides is 1. The fourth-order valence-corrected chi connectivity index (χ4v) is 1.98. The summed E-state index contributed by atoms with van der Waals surface area (Å²) < 4.78 is 13.5. The second-order valence-electron chi connectivity index (χ2n) is 4.14. The second kappa shape index (κ2) is 5.85. The summed E-state index contributed by atoms with van der Waals surface area (Å²) in [5.41, 5.74) is 1.41. The number of carbonyl (C=O) groups is 1. The van der Waals surface area contributed by atoms with Crippen molar-refractivity contribution in [2.45, 2.75) is 12.3 Å². The minimum absolute atomic E-state index is 0.0135. The number of benzene rings is 2. The van der Waals surface area contributed by atoms with Gasteiger partial charge >= 0.3 is 0 Å². The molecule has 1 unspecified atom stereocenters. The van der Waals surface area contributed by atoms with Crippen LogP contribution in [0.1, 0.15) is 28.2 Å². The highest BCUT2D eigenvalue weighted by Gasteiger charge is 2.14. The van der Waals surface area contributed by atoms with Crippen LogP contribution in [0.15, 0.2) is 48.5 Å².